The lowest BCUT2D eigenvalue weighted by molar-refractivity contribution is 0.553. The van der Waals surface area contributed by atoms with Gasteiger partial charge in [0.2, 0.25) is 0 Å². The molecule has 3 nitrogen and oxygen atoms in total. The molecular weight excluding hydrogens is 354 g/mol. The Kier molecular flexibility index (Phi) is 3.79. The summed E-state index contributed by atoms with van der Waals surface area (Å²) < 4.78 is 3.79. The monoisotopic (exact) mass is 367 g/mol. The second kappa shape index (κ2) is 5.42. The van der Waals surface area contributed by atoms with Gasteiger partial charge in [0.25, 0.3) is 0 Å². The van der Waals surface area contributed by atoms with Crippen LogP contribution in [0.5, 0.6) is 0 Å². The molecule has 6 heteroatoms. The molecule has 0 aliphatic rings. The molecule has 0 saturated heterocycles. The van der Waals surface area contributed by atoms with E-state index in [4.69, 9.17) is 12.2 Å². The van der Waals surface area contributed by atoms with Crippen molar-refractivity contribution in [3.8, 4) is 0 Å². The first-order valence-corrected chi connectivity index (χ1v) is 8.37. The van der Waals surface area contributed by atoms with Crippen LogP contribution < -0.4 is 0 Å². The van der Waals surface area contributed by atoms with Crippen LogP contribution in [-0.4, -0.2) is 14.5 Å². The van der Waals surface area contributed by atoms with Crippen molar-refractivity contribution in [2.24, 2.45) is 0 Å². The number of pyridine rings is 1. The number of hydrogen-bond donors (Lipinski definition) is 1. The van der Waals surface area contributed by atoms with Gasteiger partial charge in [0.05, 0.1) is 5.52 Å². The third kappa shape index (κ3) is 2.60. The number of aryl methyl sites for hydroxylation is 1. The van der Waals surface area contributed by atoms with Gasteiger partial charge in [0.15, 0.2) is 10.4 Å². The molecular formula is C14H14BrN3S2. The van der Waals surface area contributed by atoms with Gasteiger partial charge in [-0.25, -0.2) is 4.98 Å². The molecule has 0 amide bonds. The number of H-pyrrole nitrogens is 1. The van der Waals surface area contributed by atoms with Gasteiger partial charge in [-0.05, 0) is 60.2 Å². The molecule has 3 aromatic rings. The zero-order chi connectivity index (χ0) is 14.3. The number of aromatic nitrogens is 3. The van der Waals surface area contributed by atoms with E-state index >= 15 is 0 Å². The zero-order valence-electron chi connectivity index (χ0n) is 11.2. The van der Waals surface area contributed by atoms with E-state index in [2.05, 4.69) is 56.4 Å². The van der Waals surface area contributed by atoms with Crippen LogP contribution in [0.1, 0.15) is 22.7 Å². The van der Waals surface area contributed by atoms with Gasteiger partial charge in [-0.15, -0.1) is 11.3 Å². The lowest BCUT2D eigenvalue weighted by Gasteiger charge is -2.13. The van der Waals surface area contributed by atoms with Gasteiger partial charge in [-0.2, -0.15) is 0 Å². The Labute approximate surface area is 134 Å². The molecule has 20 heavy (non-hydrogen) atoms. The summed E-state index contributed by atoms with van der Waals surface area (Å²) in [4.78, 5) is 10.4. The van der Waals surface area contributed by atoms with E-state index < -0.39 is 0 Å². The Bertz CT molecular complexity index is 815. The van der Waals surface area contributed by atoms with Gasteiger partial charge in [0.1, 0.15) is 0 Å². The Morgan fingerprint density at radius 1 is 1.50 bits per heavy atom. The second-order valence-electron chi connectivity index (χ2n) is 4.89. The van der Waals surface area contributed by atoms with Crippen LogP contribution in [0.15, 0.2) is 28.9 Å². The van der Waals surface area contributed by atoms with Gasteiger partial charge >= 0.3 is 0 Å². The third-order valence-electron chi connectivity index (χ3n) is 3.26. The van der Waals surface area contributed by atoms with Crippen LogP contribution in [0, 0.1) is 11.7 Å². The molecule has 0 saturated carbocycles. The first-order valence-electron chi connectivity index (χ1n) is 6.35. The SMILES string of the molecule is Cc1ccc(CC(C)n2c(=S)[nH]c3cc(Br)cnc32)s1. The Morgan fingerprint density at radius 3 is 3.00 bits per heavy atom. The van der Waals surface area contributed by atoms with Crippen LogP contribution >= 0.6 is 39.5 Å². The van der Waals surface area contributed by atoms with Crippen LogP contribution in [0.2, 0.25) is 0 Å². The lowest BCUT2D eigenvalue weighted by atomic mass is 10.2. The van der Waals surface area contributed by atoms with E-state index in [-0.39, 0.29) is 6.04 Å². The maximum Gasteiger partial charge on any atom is 0.179 e. The minimum atomic E-state index is 0.281. The topological polar surface area (TPSA) is 33.6 Å². The molecule has 3 rings (SSSR count). The minimum Gasteiger partial charge on any atom is -0.329 e. The molecule has 0 aliphatic heterocycles. The maximum absolute atomic E-state index is 5.45. The van der Waals surface area contributed by atoms with Crippen LogP contribution in [0.3, 0.4) is 0 Å². The number of hydrogen-bond acceptors (Lipinski definition) is 3. The van der Waals surface area contributed by atoms with E-state index in [0.29, 0.717) is 0 Å². The summed E-state index contributed by atoms with van der Waals surface area (Å²) >= 11 is 10.7. The summed E-state index contributed by atoms with van der Waals surface area (Å²) in [6, 6.07) is 6.65. The molecule has 1 unspecified atom stereocenters. The number of nitrogens with one attached hydrogen (secondary N) is 1. The molecule has 0 fully saturated rings. The van der Waals surface area contributed by atoms with Gasteiger partial charge in [0, 0.05) is 32.9 Å². The van der Waals surface area contributed by atoms with Crippen molar-refractivity contribution in [3.05, 3.63) is 43.4 Å². The highest BCUT2D eigenvalue weighted by Crippen LogP contribution is 2.25. The van der Waals surface area contributed by atoms with Crippen molar-refractivity contribution in [1.29, 1.82) is 0 Å². The van der Waals surface area contributed by atoms with Gasteiger partial charge in [-0.1, -0.05) is 0 Å². The maximum atomic E-state index is 5.45. The number of fused-ring (bicyclic) bond motifs is 1. The highest BCUT2D eigenvalue weighted by Gasteiger charge is 2.14. The zero-order valence-corrected chi connectivity index (χ0v) is 14.4. The smallest absolute Gasteiger partial charge is 0.179 e. The predicted molar refractivity (Wildman–Crippen MR) is 90.1 cm³/mol. The Hall–Kier alpha value is -0.980. The largest absolute Gasteiger partial charge is 0.329 e. The standard InChI is InChI=1S/C14H14BrN3S2/c1-8(5-11-4-3-9(2)20-11)18-13-12(17-14(18)19)6-10(15)7-16-13/h3-4,6-8H,5H2,1-2H3,(H,17,19). The highest BCUT2D eigenvalue weighted by atomic mass is 79.9. The van der Waals surface area contributed by atoms with Crippen molar-refractivity contribution in [1.82, 2.24) is 14.5 Å². The first kappa shape index (κ1) is 14.0. The van der Waals surface area contributed by atoms with E-state index in [1.165, 1.54) is 9.75 Å². The van der Waals surface area contributed by atoms with Crippen molar-refractivity contribution < 1.29 is 0 Å². The highest BCUT2D eigenvalue weighted by molar-refractivity contribution is 9.10. The molecule has 0 aliphatic carbocycles. The summed E-state index contributed by atoms with van der Waals surface area (Å²) in [6.07, 6.45) is 2.78. The quantitative estimate of drug-likeness (QED) is 0.658. The Balaban J connectivity index is 2.00. The average Bonchev–Trinajstić information content (AvgIpc) is 2.91. The molecule has 1 atom stereocenters. The summed E-state index contributed by atoms with van der Waals surface area (Å²) in [7, 11) is 0. The minimum absolute atomic E-state index is 0.281. The Morgan fingerprint density at radius 2 is 2.30 bits per heavy atom. The fourth-order valence-electron chi connectivity index (χ4n) is 2.37. The van der Waals surface area contributed by atoms with E-state index in [9.17, 15) is 0 Å². The molecule has 3 heterocycles. The van der Waals surface area contributed by atoms with Crippen LogP contribution in [0.4, 0.5) is 0 Å². The van der Waals surface area contributed by atoms with Crippen molar-refractivity contribution in [3.63, 3.8) is 0 Å². The fraction of sp³-hybridized carbons (Fsp3) is 0.286. The number of nitrogens with zero attached hydrogens (tertiary/aromatic N) is 2. The number of halogens is 1. The molecule has 3 aromatic heterocycles. The average molecular weight is 368 g/mol. The number of aromatic amines is 1. The number of thiophene rings is 1. The van der Waals surface area contributed by atoms with E-state index in [1.54, 1.807) is 0 Å². The summed E-state index contributed by atoms with van der Waals surface area (Å²) in [5, 5.41) is 0. The lowest BCUT2D eigenvalue weighted by Crippen LogP contribution is -2.08. The number of rotatable bonds is 3. The predicted octanol–water partition coefficient (Wildman–Crippen LogP) is 5.03. The number of imidazole rings is 1. The van der Waals surface area contributed by atoms with E-state index in [0.717, 1.165) is 26.8 Å². The summed E-state index contributed by atoms with van der Waals surface area (Å²) in [5.74, 6) is 0. The van der Waals surface area contributed by atoms with Gasteiger partial charge in [-0.3, -0.25) is 4.57 Å². The van der Waals surface area contributed by atoms with E-state index in [1.807, 2.05) is 23.6 Å². The molecule has 0 spiro atoms. The molecule has 104 valence electrons. The second-order valence-corrected chi connectivity index (χ2v) is 7.57. The molecule has 0 aromatic carbocycles. The van der Waals surface area contributed by atoms with Crippen molar-refractivity contribution in [2.75, 3.05) is 0 Å². The third-order valence-corrected chi connectivity index (χ3v) is 5.01. The van der Waals surface area contributed by atoms with Crippen molar-refractivity contribution >= 4 is 50.6 Å². The molecule has 0 radical (unpaired) electrons. The first-order chi connectivity index (χ1) is 9.54. The van der Waals surface area contributed by atoms with Crippen LogP contribution in [0.25, 0.3) is 11.2 Å². The van der Waals surface area contributed by atoms with Crippen LogP contribution in [-0.2, 0) is 6.42 Å². The normalized spacial score (nSPS) is 12.9. The van der Waals surface area contributed by atoms with Gasteiger partial charge < -0.3 is 4.98 Å². The molecule has 0 bridgehead atoms. The summed E-state index contributed by atoms with van der Waals surface area (Å²) in [5.41, 5.74) is 1.89. The fourth-order valence-corrected chi connectivity index (χ4v) is 4.09. The van der Waals surface area contributed by atoms with Crippen molar-refractivity contribution in [2.45, 2.75) is 26.3 Å². The molecule has 1 N–H and O–H groups in total. The summed E-state index contributed by atoms with van der Waals surface area (Å²) in [6.45, 7) is 4.32.